The maximum absolute atomic E-state index is 4.53. The Balaban J connectivity index is 2.07. The Labute approximate surface area is 114 Å². The van der Waals surface area contributed by atoms with Crippen LogP contribution in [0.2, 0.25) is 0 Å². The molecule has 0 aliphatic heterocycles. The lowest BCUT2D eigenvalue weighted by atomic mass is 10.0. The van der Waals surface area contributed by atoms with Gasteiger partial charge in [0.2, 0.25) is 0 Å². The number of hydrogen-bond donors (Lipinski definition) is 1. The highest BCUT2D eigenvalue weighted by Crippen LogP contribution is 2.29. The third-order valence-corrected chi connectivity index (χ3v) is 4.60. The Morgan fingerprint density at radius 3 is 2.71 bits per heavy atom. The number of nitrogens with zero attached hydrogens (tertiary/aromatic N) is 1. The van der Waals surface area contributed by atoms with Gasteiger partial charge in [-0.15, -0.1) is 0 Å². The van der Waals surface area contributed by atoms with Crippen molar-refractivity contribution in [3.63, 3.8) is 0 Å². The van der Waals surface area contributed by atoms with Crippen LogP contribution >= 0.6 is 27.3 Å². The molecule has 17 heavy (non-hydrogen) atoms. The van der Waals surface area contributed by atoms with Crippen LogP contribution in [-0.4, -0.2) is 12.0 Å². The summed E-state index contributed by atoms with van der Waals surface area (Å²) in [7, 11) is 1.90. The average Bonchev–Trinajstić information content (AvgIpc) is 2.69. The van der Waals surface area contributed by atoms with Gasteiger partial charge in [0, 0.05) is 7.05 Å². The standard InChI is InChI=1S/C13H15BrN2S/c1-9-5-3-4-6-10(9)7-8-11-12(14)17-13(15-2)16-11/h3-6H,7-8H2,1-2H3,(H,15,16). The van der Waals surface area contributed by atoms with Gasteiger partial charge in [-0.2, -0.15) is 0 Å². The number of halogens is 1. The first-order valence-electron chi connectivity index (χ1n) is 5.58. The second-order valence-electron chi connectivity index (χ2n) is 3.92. The summed E-state index contributed by atoms with van der Waals surface area (Å²) in [5.74, 6) is 0. The molecule has 0 saturated heterocycles. The maximum Gasteiger partial charge on any atom is 0.183 e. The summed E-state index contributed by atoms with van der Waals surface area (Å²) in [5, 5.41) is 4.04. The van der Waals surface area contributed by atoms with E-state index in [1.165, 1.54) is 11.1 Å². The van der Waals surface area contributed by atoms with Gasteiger partial charge in [-0.05, 0) is 46.8 Å². The lowest BCUT2D eigenvalue weighted by Gasteiger charge is -2.03. The molecule has 2 nitrogen and oxygen atoms in total. The van der Waals surface area contributed by atoms with Crippen LogP contribution in [-0.2, 0) is 12.8 Å². The lowest BCUT2D eigenvalue weighted by Crippen LogP contribution is -1.95. The van der Waals surface area contributed by atoms with E-state index >= 15 is 0 Å². The van der Waals surface area contributed by atoms with Gasteiger partial charge in [0.05, 0.1) is 9.48 Å². The van der Waals surface area contributed by atoms with Gasteiger partial charge in [-0.1, -0.05) is 35.6 Å². The zero-order valence-electron chi connectivity index (χ0n) is 9.96. The first kappa shape index (κ1) is 12.6. The number of aromatic nitrogens is 1. The third-order valence-electron chi connectivity index (χ3n) is 2.76. The SMILES string of the molecule is CNc1nc(CCc2ccccc2C)c(Br)s1. The number of rotatable bonds is 4. The van der Waals surface area contributed by atoms with Crippen molar-refractivity contribution in [3.8, 4) is 0 Å². The number of aryl methyl sites for hydroxylation is 3. The van der Waals surface area contributed by atoms with E-state index in [1.54, 1.807) is 11.3 Å². The minimum atomic E-state index is 0.969. The van der Waals surface area contributed by atoms with Crippen molar-refractivity contribution < 1.29 is 0 Å². The minimum absolute atomic E-state index is 0.969. The highest BCUT2D eigenvalue weighted by molar-refractivity contribution is 9.11. The Morgan fingerprint density at radius 1 is 1.29 bits per heavy atom. The monoisotopic (exact) mass is 310 g/mol. The molecule has 0 saturated carbocycles. The molecule has 0 aliphatic carbocycles. The van der Waals surface area contributed by atoms with Crippen molar-refractivity contribution in [3.05, 3.63) is 44.9 Å². The first-order chi connectivity index (χ1) is 8.20. The van der Waals surface area contributed by atoms with E-state index in [2.05, 4.69) is 57.4 Å². The van der Waals surface area contributed by atoms with Crippen molar-refractivity contribution in [1.29, 1.82) is 0 Å². The molecule has 0 fully saturated rings. The van der Waals surface area contributed by atoms with E-state index in [0.29, 0.717) is 0 Å². The van der Waals surface area contributed by atoms with Crippen LogP contribution in [0.5, 0.6) is 0 Å². The molecule has 0 bridgehead atoms. The average molecular weight is 311 g/mol. The summed E-state index contributed by atoms with van der Waals surface area (Å²) < 4.78 is 1.13. The molecule has 0 spiro atoms. The van der Waals surface area contributed by atoms with Crippen LogP contribution in [0.15, 0.2) is 28.1 Å². The predicted octanol–water partition coefficient (Wildman–Crippen LogP) is 4.04. The molecule has 1 N–H and O–H groups in total. The van der Waals surface area contributed by atoms with Gasteiger partial charge >= 0.3 is 0 Å². The number of anilines is 1. The van der Waals surface area contributed by atoms with E-state index in [4.69, 9.17) is 0 Å². The molecule has 1 heterocycles. The van der Waals surface area contributed by atoms with Gasteiger partial charge in [0.15, 0.2) is 5.13 Å². The van der Waals surface area contributed by atoms with Crippen molar-refractivity contribution >= 4 is 32.4 Å². The van der Waals surface area contributed by atoms with Crippen LogP contribution in [0.3, 0.4) is 0 Å². The van der Waals surface area contributed by atoms with Crippen LogP contribution in [0.1, 0.15) is 16.8 Å². The van der Waals surface area contributed by atoms with E-state index in [9.17, 15) is 0 Å². The van der Waals surface area contributed by atoms with Crippen molar-refractivity contribution in [2.24, 2.45) is 0 Å². The Bertz CT molecular complexity index is 508. The van der Waals surface area contributed by atoms with Crippen molar-refractivity contribution in [2.45, 2.75) is 19.8 Å². The fourth-order valence-electron chi connectivity index (χ4n) is 1.74. The third kappa shape index (κ3) is 3.07. The largest absolute Gasteiger partial charge is 0.365 e. The number of thiazole rings is 1. The molecule has 90 valence electrons. The zero-order valence-corrected chi connectivity index (χ0v) is 12.4. The lowest BCUT2D eigenvalue weighted by molar-refractivity contribution is 0.913. The molecule has 2 aromatic rings. The molecular weight excluding hydrogens is 296 g/mol. The molecule has 2 rings (SSSR count). The number of nitrogens with one attached hydrogen (secondary N) is 1. The van der Waals surface area contributed by atoms with Gasteiger partial charge in [0.1, 0.15) is 0 Å². The summed E-state index contributed by atoms with van der Waals surface area (Å²) >= 11 is 5.21. The molecule has 0 amide bonds. The summed E-state index contributed by atoms with van der Waals surface area (Å²) in [6, 6.07) is 8.52. The fraction of sp³-hybridized carbons (Fsp3) is 0.308. The molecule has 1 aromatic carbocycles. The Kier molecular flexibility index (Phi) is 4.18. The molecule has 4 heteroatoms. The molecule has 0 radical (unpaired) electrons. The summed E-state index contributed by atoms with van der Waals surface area (Å²) in [4.78, 5) is 4.53. The maximum atomic E-state index is 4.53. The second kappa shape index (κ2) is 5.65. The number of benzene rings is 1. The highest BCUT2D eigenvalue weighted by atomic mass is 79.9. The van der Waals surface area contributed by atoms with Gasteiger partial charge in [0.25, 0.3) is 0 Å². The quantitative estimate of drug-likeness (QED) is 0.922. The molecule has 0 atom stereocenters. The van der Waals surface area contributed by atoms with E-state index in [0.717, 1.165) is 27.5 Å². The van der Waals surface area contributed by atoms with Gasteiger partial charge in [-0.25, -0.2) is 4.98 Å². The van der Waals surface area contributed by atoms with Crippen LogP contribution in [0, 0.1) is 6.92 Å². The minimum Gasteiger partial charge on any atom is -0.365 e. The number of hydrogen-bond acceptors (Lipinski definition) is 3. The van der Waals surface area contributed by atoms with Gasteiger partial charge in [-0.3, -0.25) is 0 Å². The zero-order chi connectivity index (χ0) is 12.3. The van der Waals surface area contributed by atoms with E-state index < -0.39 is 0 Å². The first-order valence-corrected chi connectivity index (χ1v) is 7.19. The highest BCUT2D eigenvalue weighted by Gasteiger charge is 2.08. The van der Waals surface area contributed by atoms with Gasteiger partial charge < -0.3 is 5.32 Å². The summed E-state index contributed by atoms with van der Waals surface area (Å²) in [6.07, 6.45) is 2.02. The van der Waals surface area contributed by atoms with Crippen LogP contribution in [0.4, 0.5) is 5.13 Å². The molecular formula is C13H15BrN2S. The Hall–Kier alpha value is -0.870. The smallest absolute Gasteiger partial charge is 0.183 e. The fourth-order valence-corrected chi connectivity index (χ4v) is 3.18. The van der Waals surface area contributed by atoms with E-state index in [1.807, 2.05) is 7.05 Å². The molecule has 0 aliphatic rings. The topological polar surface area (TPSA) is 24.9 Å². The Morgan fingerprint density at radius 2 is 2.06 bits per heavy atom. The normalized spacial score (nSPS) is 10.5. The van der Waals surface area contributed by atoms with Crippen molar-refractivity contribution in [1.82, 2.24) is 4.98 Å². The predicted molar refractivity (Wildman–Crippen MR) is 77.9 cm³/mol. The summed E-state index contributed by atoms with van der Waals surface area (Å²) in [5.41, 5.74) is 3.90. The van der Waals surface area contributed by atoms with Crippen LogP contribution in [0.25, 0.3) is 0 Å². The van der Waals surface area contributed by atoms with E-state index in [-0.39, 0.29) is 0 Å². The van der Waals surface area contributed by atoms with Crippen molar-refractivity contribution in [2.75, 3.05) is 12.4 Å². The van der Waals surface area contributed by atoms with Crippen LogP contribution < -0.4 is 5.32 Å². The second-order valence-corrected chi connectivity index (χ2v) is 6.23. The molecule has 0 unspecified atom stereocenters. The molecule has 1 aromatic heterocycles. The summed E-state index contributed by atoms with van der Waals surface area (Å²) in [6.45, 7) is 2.16.